The smallest absolute Gasteiger partial charge is 0.104 e. The standard InChI is InChI=1S/C24H24N2O/c1-25(19-9-5-3-6-10-19)21-15-13-18-14-16-23(24(27)22(18)17-21)26(2)20-11-7-4-8-12-20/h3-17,23-24,27H,1-2H3/t23-,24-/m1/s1. The Labute approximate surface area is 160 Å². The number of para-hydroxylation sites is 2. The molecule has 3 aromatic carbocycles. The van der Waals surface area contributed by atoms with E-state index in [1.807, 2.05) is 43.4 Å². The zero-order chi connectivity index (χ0) is 18.8. The first kappa shape index (κ1) is 17.4. The summed E-state index contributed by atoms with van der Waals surface area (Å²) in [7, 11) is 4.08. The minimum atomic E-state index is -0.584. The van der Waals surface area contributed by atoms with Crippen LogP contribution < -0.4 is 9.80 Å². The molecule has 0 aliphatic heterocycles. The van der Waals surface area contributed by atoms with Crippen LogP contribution in [0.25, 0.3) is 6.08 Å². The van der Waals surface area contributed by atoms with Crippen molar-refractivity contribution in [1.82, 2.24) is 0 Å². The first-order chi connectivity index (χ1) is 13.1. The van der Waals surface area contributed by atoms with Crippen molar-refractivity contribution in [3.63, 3.8) is 0 Å². The summed E-state index contributed by atoms with van der Waals surface area (Å²) in [6.07, 6.45) is 3.61. The molecule has 3 aromatic rings. The number of anilines is 3. The number of benzene rings is 3. The molecule has 0 heterocycles. The third-order valence-corrected chi connectivity index (χ3v) is 5.33. The molecule has 0 spiro atoms. The van der Waals surface area contributed by atoms with Gasteiger partial charge < -0.3 is 14.9 Å². The number of fused-ring (bicyclic) bond motifs is 1. The number of aliphatic hydroxyl groups excluding tert-OH is 1. The van der Waals surface area contributed by atoms with Gasteiger partial charge in [-0.25, -0.2) is 0 Å². The summed E-state index contributed by atoms with van der Waals surface area (Å²) < 4.78 is 0. The summed E-state index contributed by atoms with van der Waals surface area (Å²) in [6, 6.07) is 26.6. The molecular formula is C24H24N2O. The van der Waals surface area contributed by atoms with Gasteiger partial charge in [0, 0.05) is 31.2 Å². The van der Waals surface area contributed by atoms with Crippen molar-refractivity contribution in [3.8, 4) is 0 Å². The lowest BCUT2D eigenvalue weighted by Gasteiger charge is -2.35. The molecule has 0 saturated heterocycles. The number of hydrogen-bond acceptors (Lipinski definition) is 3. The van der Waals surface area contributed by atoms with Gasteiger partial charge in [-0.15, -0.1) is 0 Å². The van der Waals surface area contributed by atoms with Crippen molar-refractivity contribution in [2.45, 2.75) is 12.1 Å². The van der Waals surface area contributed by atoms with Crippen LogP contribution in [0.3, 0.4) is 0 Å². The van der Waals surface area contributed by atoms with Crippen LogP contribution in [0.5, 0.6) is 0 Å². The molecule has 27 heavy (non-hydrogen) atoms. The zero-order valence-electron chi connectivity index (χ0n) is 15.7. The predicted molar refractivity (Wildman–Crippen MR) is 114 cm³/mol. The highest BCUT2D eigenvalue weighted by molar-refractivity contribution is 5.69. The minimum Gasteiger partial charge on any atom is -0.386 e. The van der Waals surface area contributed by atoms with Gasteiger partial charge in [0.15, 0.2) is 0 Å². The van der Waals surface area contributed by atoms with Crippen LogP contribution in [-0.2, 0) is 0 Å². The summed E-state index contributed by atoms with van der Waals surface area (Å²) in [4.78, 5) is 4.26. The normalized spacial score (nSPS) is 18.0. The molecule has 3 nitrogen and oxygen atoms in total. The first-order valence-corrected chi connectivity index (χ1v) is 9.22. The monoisotopic (exact) mass is 356 g/mol. The molecule has 4 rings (SSSR count). The molecule has 0 amide bonds. The zero-order valence-corrected chi connectivity index (χ0v) is 15.7. The van der Waals surface area contributed by atoms with Crippen LogP contribution in [0, 0.1) is 0 Å². The van der Waals surface area contributed by atoms with E-state index >= 15 is 0 Å². The fourth-order valence-corrected chi connectivity index (χ4v) is 3.65. The number of nitrogens with zero attached hydrogens (tertiary/aromatic N) is 2. The molecule has 1 N–H and O–H groups in total. The second kappa shape index (κ2) is 7.29. The van der Waals surface area contributed by atoms with E-state index in [-0.39, 0.29) is 6.04 Å². The van der Waals surface area contributed by atoms with Gasteiger partial charge in [-0.05, 0) is 47.5 Å². The van der Waals surface area contributed by atoms with Gasteiger partial charge in [-0.2, -0.15) is 0 Å². The summed E-state index contributed by atoms with van der Waals surface area (Å²) in [6.45, 7) is 0. The van der Waals surface area contributed by atoms with Crippen molar-refractivity contribution in [2.75, 3.05) is 23.9 Å². The average molecular weight is 356 g/mol. The Balaban J connectivity index is 1.64. The largest absolute Gasteiger partial charge is 0.386 e. The minimum absolute atomic E-state index is 0.0998. The maximum Gasteiger partial charge on any atom is 0.104 e. The highest BCUT2D eigenvalue weighted by Crippen LogP contribution is 2.35. The predicted octanol–water partition coefficient (Wildman–Crippen LogP) is 5.02. The van der Waals surface area contributed by atoms with Gasteiger partial charge in [0.1, 0.15) is 6.10 Å². The van der Waals surface area contributed by atoms with E-state index < -0.39 is 6.10 Å². The highest BCUT2D eigenvalue weighted by atomic mass is 16.3. The fourth-order valence-electron chi connectivity index (χ4n) is 3.65. The second-order valence-corrected chi connectivity index (χ2v) is 6.95. The Morgan fingerprint density at radius 1 is 0.741 bits per heavy atom. The Kier molecular flexibility index (Phi) is 4.69. The SMILES string of the molecule is CN(c1ccccc1)c1ccc2c(c1)[C@@H](O)[C@H](N(C)c1ccccc1)C=C2. The van der Waals surface area contributed by atoms with Crippen LogP contribution in [0.1, 0.15) is 17.2 Å². The number of rotatable bonds is 4. The summed E-state index contributed by atoms with van der Waals surface area (Å²) >= 11 is 0. The molecule has 3 heteroatoms. The Morgan fingerprint density at radius 2 is 1.37 bits per heavy atom. The second-order valence-electron chi connectivity index (χ2n) is 6.95. The van der Waals surface area contributed by atoms with Gasteiger partial charge in [-0.1, -0.05) is 54.6 Å². The lowest BCUT2D eigenvalue weighted by molar-refractivity contribution is 0.159. The Bertz CT molecular complexity index is 937. The van der Waals surface area contributed by atoms with E-state index in [0.717, 1.165) is 28.2 Å². The van der Waals surface area contributed by atoms with Crippen molar-refractivity contribution in [3.05, 3.63) is 96.1 Å². The number of hydrogen-bond donors (Lipinski definition) is 1. The molecule has 0 fully saturated rings. The maximum absolute atomic E-state index is 11.1. The summed E-state index contributed by atoms with van der Waals surface area (Å²) in [5, 5.41) is 11.1. The fraction of sp³-hybridized carbons (Fsp3) is 0.167. The van der Waals surface area contributed by atoms with Crippen LogP contribution >= 0.6 is 0 Å². The lowest BCUT2D eigenvalue weighted by atomic mass is 9.90. The maximum atomic E-state index is 11.1. The molecule has 1 aliphatic rings. The van der Waals surface area contributed by atoms with Gasteiger partial charge >= 0.3 is 0 Å². The van der Waals surface area contributed by atoms with E-state index in [9.17, 15) is 5.11 Å². The molecule has 0 radical (unpaired) electrons. The number of likely N-dealkylation sites (N-methyl/N-ethyl adjacent to an activating group) is 1. The van der Waals surface area contributed by atoms with Crippen LogP contribution in [0.4, 0.5) is 17.1 Å². The molecule has 136 valence electrons. The van der Waals surface area contributed by atoms with E-state index in [0.29, 0.717) is 0 Å². The van der Waals surface area contributed by atoms with Crippen molar-refractivity contribution < 1.29 is 5.11 Å². The van der Waals surface area contributed by atoms with Crippen LogP contribution in [-0.4, -0.2) is 25.2 Å². The van der Waals surface area contributed by atoms with Crippen molar-refractivity contribution in [2.24, 2.45) is 0 Å². The molecule has 1 aliphatic carbocycles. The van der Waals surface area contributed by atoms with E-state index in [4.69, 9.17) is 0 Å². The summed E-state index contributed by atoms with van der Waals surface area (Å²) in [5.41, 5.74) is 5.31. The molecule has 0 unspecified atom stereocenters. The Hall–Kier alpha value is -3.04. The number of aliphatic hydroxyl groups is 1. The van der Waals surface area contributed by atoms with Gasteiger partial charge in [0.05, 0.1) is 6.04 Å². The molecule has 0 aromatic heterocycles. The quantitative estimate of drug-likeness (QED) is 0.711. The average Bonchev–Trinajstić information content (AvgIpc) is 2.74. The highest BCUT2D eigenvalue weighted by Gasteiger charge is 2.28. The lowest BCUT2D eigenvalue weighted by Crippen LogP contribution is -2.37. The third kappa shape index (κ3) is 3.34. The molecule has 2 atom stereocenters. The van der Waals surface area contributed by atoms with E-state index in [1.54, 1.807) is 0 Å². The van der Waals surface area contributed by atoms with Crippen molar-refractivity contribution in [1.29, 1.82) is 0 Å². The van der Waals surface area contributed by atoms with Gasteiger partial charge in [-0.3, -0.25) is 0 Å². The third-order valence-electron chi connectivity index (χ3n) is 5.33. The van der Waals surface area contributed by atoms with E-state index in [1.165, 1.54) is 0 Å². The molecular weight excluding hydrogens is 332 g/mol. The Morgan fingerprint density at radius 3 is 2.04 bits per heavy atom. The molecule has 0 saturated carbocycles. The summed E-state index contributed by atoms with van der Waals surface area (Å²) in [5.74, 6) is 0. The molecule has 0 bridgehead atoms. The van der Waals surface area contributed by atoms with E-state index in [2.05, 4.69) is 71.5 Å². The van der Waals surface area contributed by atoms with Crippen LogP contribution in [0.2, 0.25) is 0 Å². The first-order valence-electron chi connectivity index (χ1n) is 9.22. The van der Waals surface area contributed by atoms with Gasteiger partial charge in [0.25, 0.3) is 0 Å². The van der Waals surface area contributed by atoms with Crippen LogP contribution in [0.15, 0.2) is 84.9 Å². The van der Waals surface area contributed by atoms with Crippen molar-refractivity contribution >= 4 is 23.1 Å². The topological polar surface area (TPSA) is 26.7 Å². The van der Waals surface area contributed by atoms with Gasteiger partial charge in [0.2, 0.25) is 0 Å².